The molecule has 0 atom stereocenters. The third-order valence-corrected chi connectivity index (χ3v) is 4.05. The van der Waals surface area contributed by atoms with Gasteiger partial charge < -0.3 is 14.2 Å². The Bertz CT molecular complexity index is 879. The van der Waals surface area contributed by atoms with Crippen LogP contribution in [0.3, 0.4) is 0 Å². The average molecular weight is 392 g/mol. The minimum absolute atomic E-state index is 0.101. The van der Waals surface area contributed by atoms with Crippen LogP contribution < -0.4 is 4.74 Å². The van der Waals surface area contributed by atoms with Crippen molar-refractivity contribution in [1.29, 1.82) is 0 Å². The SMILES string of the molecule is CN(Cc1nc(-c2ccc(Cl)cc2)no1)C(=O)COc1ccc(Cl)cc1. The van der Waals surface area contributed by atoms with Crippen molar-refractivity contribution in [3.63, 3.8) is 0 Å². The molecular weight excluding hydrogens is 377 g/mol. The van der Waals surface area contributed by atoms with E-state index in [1.165, 1.54) is 4.90 Å². The molecule has 1 heterocycles. The maximum atomic E-state index is 12.2. The summed E-state index contributed by atoms with van der Waals surface area (Å²) in [5.74, 6) is 1.12. The Morgan fingerprint density at radius 2 is 1.69 bits per heavy atom. The molecule has 26 heavy (non-hydrogen) atoms. The van der Waals surface area contributed by atoms with E-state index >= 15 is 0 Å². The first-order valence-electron chi connectivity index (χ1n) is 7.72. The fourth-order valence-electron chi connectivity index (χ4n) is 2.11. The van der Waals surface area contributed by atoms with Crippen molar-refractivity contribution >= 4 is 29.1 Å². The van der Waals surface area contributed by atoms with Crippen molar-refractivity contribution in [3.05, 3.63) is 64.5 Å². The number of aromatic nitrogens is 2. The highest BCUT2D eigenvalue weighted by Crippen LogP contribution is 2.19. The molecule has 0 bridgehead atoms. The Balaban J connectivity index is 1.55. The van der Waals surface area contributed by atoms with Crippen LogP contribution in [0, 0.1) is 0 Å². The van der Waals surface area contributed by atoms with E-state index in [-0.39, 0.29) is 19.1 Å². The summed E-state index contributed by atoms with van der Waals surface area (Å²) >= 11 is 11.7. The van der Waals surface area contributed by atoms with Crippen molar-refractivity contribution in [3.8, 4) is 17.1 Å². The first-order valence-corrected chi connectivity index (χ1v) is 8.48. The number of nitrogens with zero attached hydrogens (tertiary/aromatic N) is 3. The second-order valence-corrected chi connectivity index (χ2v) is 6.38. The summed E-state index contributed by atoms with van der Waals surface area (Å²) in [6.45, 7) is 0.0830. The number of likely N-dealkylation sites (N-methyl/N-ethyl adjacent to an activating group) is 1. The summed E-state index contributed by atoms with van der Waals surface area (Å²) in [5.41, 5.74) is 0.782. The first kappa shape index (κ1) is 18.2. The van der Waals surface area contributed by atoms with Crippen molar-refractivity contribution in [1.82, 2.24) is 15.0 Å². The molecule has 134 valence electrons. The van der Waals surface area contributed by atoms with Crippen molar-refractivity contribution in [2.75, 3.05) is 13.7 Å². The van der Waals surface area contributed by atoms with Gasteiger partial charge in [0.25, 0.3) is 5.91 Å². The summed E-state index contributed by atoms with van der Waals surface area (Å²) in [5, 5.41) is 5.15. The Hall–Kier alpha value is -2.57. The van der Waals surface area contributed by atoms with Gasteiger partial charge >= 0.3 is 0 Å². The molecular formula is C18H15Cl2N3O3. The summed E-state index contributed by atoms with van der Waals surface area (Å²) in [4.78, 5) is 17.9. The highest BCUT2D eigenvalue weighted by Gasteiger charge is 2.15. The number of hydrogen-bond acceptors (Lipinski definition) is 5. The van der Waals surface area contributed by atoms with Gasteiger partial charge in [-0.2, -0.15) is 4.98 Å². The Kier molecular flexibility index (Phi) is 5.75. The number of ether oxygens (including phenoxy) is 1. The van der Waals surface area contributed by atoms with Crippen molar-refractivity contribution < 1.29 is 14.1 Å². The van der Waals surface area contributed by atoms with Crippen LogP contribution in [0.15, 0.2) is 53.1 Å². The largest absolute Gasteiger partial charge is 0.484 e. The van der Waals surface area contributed by atoms with Gasteiger partial charge in [0.05, 0.1) is 6.54 Å². The molecule has 0 N–H and O–H groups in total. The first-order chi connectivity index (χ1) is 12.5. The normalized spacial score (nSPS) is 10.6. The van der Waals surface area contributed by atoms with Gasteiger partial charge in [-0.1, -0.05) is 28.4 Å². The molecule has 0 aliphatic heterocycles. The molecule has 3 rings (SSSR count). The molecule has 6 nitrogen and oxygen atoms in total. The minimum Gasteiger partial charge on any atom is -0.484 e. The van der Waals surface area contributed by atoms with Crippen molar-refractivity contribution in [2.24, 2.45) is 0 Å². The fourth-order valence-corrected chi connectivity index (χ4v) is 2.36. The number of halogens is 2. The number of benzene rings is 2. The van der Waals surface area contributed by atoms with Crippen LogP contribution in [0.25, 0.3) is 11.4 Å². The molecule has 0 spiro atoms. The Morgan fingerprint density at radius 1 is 1.08 bits per heavy atom. The summed E-state index contributed by atoms with van der Waals surface area (Å²) < 4.78 is 10.6. The second-order valence-electron chi connectivity index (χ2n) is 5.51. The number of rotatable bonds is 6. The number of amides is 1. The van der Waals surface area contributed by atoms with Gasteiger partial charge in [0.1, 0.15) is 5.75 Å². The molecule has 8 heteroatoms. The highest BCUT2D eigenvalue weighted by atomic mass is 35.5. The molecule has 0 saturated carbocycles. The third kappa shape index (κ3) is 4.74. The number of carbonyl (C=O) groups is 1. The minimum atomic E-state index is -0.216. The van der Waals surface area contributed by atoms with Crippen LogP contribution in [-0.2, 0) is 11.3 Å². The van der Waals surface area contributed by atoms with Gasteiger partial charge in [0.15, 0.2) is 6.61 Å². The standard InChI is InChI=1S/C18H15Cl2N3O3/c1-23(17(24)11-25-15-8-6-14(20)7-9-15)10-16-21-18(22-26-16)12-2-4-13(19)5-3-12/h2-9H,10-11H2,1H3. The van der Waals surface area contributed by atoms with Gasteiger partial charge in [0, 0.05) is 22.7 Å². The molecule has 0 fully saturated rings. The summed E-state index contributed by atoms with van der Waals surface area (Å²) in [6, 6.07) is 13.9. The van der Waals surface area contributed by atoms with E-state index < -0.39 is 0 Å². The molecule has 0 unspecified atom stereocenters. The van der Waals surface area contributed by atoms with E-state index in [0.29, 0.717) is 27.5 Å². The monoisotopic (exact) mass is 391 g/mol. The number of carbonyl (C=O) groups excluding carboxylic acids is 1. The Labute approximate surface area is 160 Å². The third-order valence-electron chi connectivity index (χ3n) is 3.54. The molecule has 0 radical (unpaired) electrons. The van der Waals surface area contributed by atoms with Crippen LogP contribution in [0.4, 0.5) is 0 Å². The van der Waals surface area contributed by atoms with E-state index in [1.54, 1.807) is 55.6 Å². The number of hydrogen-bond donors (Lipinski definition) is 0. The lowest BCUT2D eigenvalue weighted by Gasteiger charge is -2.15. The summed E-state index contributed by atoms with van der Waals surface area (Å²) in [7, 11) is 1.64. The molecule has 1 aromatic heterocycles. The molecule has 0 aliphatic carbocycles. The zero-order valence-electron chi connectivity index (χ0n) is 13.9. The second kappa shape index (κ2) is 8.21. The van der Waals surface area contributed by atoms with Gasteiger partial charge in [-0.3, -0.25) is 4.79 Å². The predicted molar refractivity (Wildman–Crippen MR) is 98.2 cm³/mol. The molecule has 0 aliphatic rings. The van der Waals surface area contributed by atoms with E-state index in [0.717, 1.165) is 5.56 Å². The smallest absolute Gasteiger partial charge is 0.260 e. The van der Waals surface area contributed by atoms with Gasteiger partial charge in [-0.15, -0.1) is 0 Å². The van der Waals surface area contributed by atoms with Gasteiger partial charge in [0.2, 0.25) is 11.7 Å². The lowest BCUT2D eigenvalue weighted by molar-refractivity contribution is -0.132. The topological polar surface area (TPSA) is 68.5 Å². The maximum Gasteiger partial charge on any atom is 0.260 e. The molecule has 2 aromatic carbocycles. The fraction of sp³-hybridized carbons (Fsp3) is 0.167. The predicted octanol–water partition coefficient (Wildman–Crippen LogP) is 4.08. The van der Waals surface area contributed by atoms with Crippen LogP contribution in [0.1, 0.15) is 5.89 Å². The highest BCUT2D eigenvalue weighted by molar-refractivity contribution is 6.30. The molecule has 1 amide bonds. The average Bonchev–Trinajstić information content (AvgIpc) is 3.10. The van der Waals surface area contributed by atoms with Crippen LogP contribution in [0.5, 0.6) is 5.75 Å². The zero-order valence-corrected chi connectivity index (χ0v) is 15.4. The van der Waals surface area contributed by atoms with Crippen molar-refractivity contribution in [2.45, 2.75) is 6.54 Å². The summed E-state index contributed by atoms with van der Waals surface area (Å²) in [6.07, 6.45) is 0. The Morgan fingerprint density at radius 3 is 2.35 bits per heavy atom. The lowest BCUT2D eigenvalue weighted by Crippen LogP contribution is -2.31. The van der Waals surface area contributed by atoms with Crippen LogP contribution in [0.2, 0.25) is 10.0 Å². The van der Waals surface area contributed by atoms with E-state index in [2.05, 4.69) is 10.1 Å². The van der Waals surface area contributed by atoms with Crippen LogP contribution in [-0.4, -0.2) is 34.6 Å². The quantitative estimate of drug-likeness (QED) is 0.632. The van der Waals surface area contributed by atoms with Crippen LogP contribution >= 0.6 is 23.2 Å². The van der Waals surface area contributed by atoms with E-state index in [9.17, 15) is 4.79 Å². The molecule has 0 saturated heterocycles. The zero-order chi connectivity index (χ0) is 18.5. The van der Waals surface area contributed by atoms with E-state index in [1.807, 2.05) is 0 Å². The van der Waals surface area contributed by atoms with Gasteiger partial charge in [-0.05, 0) is 48.5 Å². The van der Waals surface area contributed by atoms with E-state index in [4.69, 9.17) is 32.5 Å². The maximum absolute atomic E-state index is 12.2. The lowest BCUT2D eigenvalue weighted by atomic mass is 10.2. The van der Waals surface area contributed by atoms with Gasteiger partial charge in [-0.25, -0.2) is 0 Å². The molecule has 3 aromatic rings.